The van der Waals surface area contributed by atoms with Gasteiger partial charge in [-0.15, -0.1) is 5.10 Å². The molecule has 160 valence electrons. The predicted molar refractivity (Wildman–Crippen MR) is 115 cm³/mol. The highest BCUT2D eigenvalue weighted by atomic mass is 16.5. The second kappa shape index (κ2) is 8.02. The molecule has 2 heterocycles. The molecule has 0 saturated heterocycles. The van der Waals surface area contributed by atoms with Crippen LogP contribution in [0.1, 0.15) is 18.5 Å². The third-order valence-electron chi connectivity index (χ3n) is 5.18. The summed E-state index contributed by atoms with van der Waals surface area (Å²) in [5.74, 6) is 2.28. The molecule has 1 aliphatic heterocycles. The summed E-state index contributed by atoms with van der Waals surface area (Å²) in [7, 11) is 4.74. The first-order valence-corrected chi connectivity index (χ1v) is 9.57. The molecular formula is C22H23N5O4. The normalized spacial score (nSPS) is 15.2. The second-order valence-corrected chi connectivity index (χ2v) is 6.97. The number of allylic oxidation sites excluding steroid dienone is 1. The van der Waals surface area contributed by atoms with Gasteiger partial charge >= 0.3 is 0 Å². The molecule has 4 rings (SSSR count). The van der Waals surface area contributed by atoms with Gasteiger partial charge in [-0.1, -0.05) is 12.1 Å². The number of benzene rings is 2. The molecule has 3 aromatic rings. The average Bonchev–Trinajstić information content (AvgIpc) is 3.21. The number of nitrogens with two attached hydrogens (primary N) is 1. The lowest BCUT2D eigenvalue weighted by Crippen LogP contribution is -2.32. The molecule has 1 amide bonds. The molecule has 2 aromatic carbocycles. The van der Waals surface area contributed by atoms with Crippen LogP contribution in [0.2, 0.25) is 0 Å². The fraction of sp³-hybridized carbons (Fsp3) is 0.227. The number of amides is 1. The number of methoxy groups -OCH3 is 3. The zero-order valence-electron chi connectivity index (χ0n) is 17.7. The molecule has 0 bridgehead atoms. The zero-order chi connectivity index (χ0) is 22.1. The van der Waals surface area contributed by atoms with Crippen molar-refractivity contribution in [3.05, 3.63) is 59.3 Å². The van der Waals surface area contributed by atoms with Crippen molar-refractivity contribution in [3.63, 3.8) is 0 Å². The molecule has 0 fully saturated rings. The van der Waals surface area contributed by atoms with Gasteiger partial charge in [0.15, 0.2) is 5.82 Å². The molecule has 0 spiro atoms. The predicted octanol–water partition coefficient (Wildman–Crippen LogP) is 2.75. The third-order valence-corrected chi connectivity index (χ3v) is 5.18. The van der Waals surface area contributed by atoms with Crippen molar-refractivity contribution in [2.24, 2.45) is 5.73 Å². The number of aromatic nitrogens is 3. The summed E-state index contributed by atoms with van der Waals surface area (Å²) in [6, 6.07) is 12.2. The Balaban J connectivity index is 1.90. The van der Waals surface area contributed by atoms with E-state index >= 15 is 0 Å². The molecule has 9 nitrogen and oxygen atoms in total. The molecule has 1 atom stereocenters. The van der Waals surface area contributed by atoms with Crippen molar-refractivity contribution in [1.82, 2.24) is 14.8 Å². The van der Waals surface area contributed by atoms with E-state index in [2.05, 4.69) is 10.3 Å². The van der Waals surface area contributed by atoms with Gasteiger partial charge in [0.05, 0.1) is 26.9 Å². The first-order valence-electron chi connectivity index (χ1n) is 9.57. The minimum Gasteiger partial charge on any atom is -0.497 e. The number of carbonyl (C=O) groups excluding carboxylic acids is 1. The Labute approximate surface area is 179 Å². The number of fused-ring (bicyclic) bond motifs is 1. The van der Waals surface area contributed by atoms with Crippen LogP contribution in [0.25, 0.3) is 11.4 Å². The molecule has 31 heavy (non-hydrogen) atoms. The van der Waals surface area contributed by atoms with Crippen LogP contribution < -0.4 is 25.3 Å². The fourth-order valence-electron chi connectivity index (χ4n) is 3.69. The molecular weight excluding hydrogens is 398 g/mol. The fourth-order valence-corrected chi connectivity index (χ4v) is 3.69. The lowest BCUT2D eigenvalue weighted by molar-refractivity contribution is -0.115. The third kappa shape index (κ3) is 3.54. The molecule has 3 N–H and O–H groups in total. The van der Waals surface area contributed by atoms with E-state index in [1.807, 2.05) is 30.3 Å². The summed E-state index contributed by atoms with van der Waals surface area (Å²) in [4.78, 5) is 17.1. The standard InChI is InChI=1S/C22H23N5O4/c1-12-18(20(23)28)19(16-9-8-15(30-3)11-17(16)31-4)27-22(24-12)25-21(26-27)13-6-5-7-14(10-13)29-2/h5-11,19H,1-4H3,(H2,23,28)(H,24,25,26). The summed E-state index contributed by atoms with van der Waals surface area (Å²) < 4.78 is 17.8. The second-order valence-electron chi connectivity index (χ2n) is 6.97. The Morgan fingerprint density at radius 3 is 2.48 bits per heavy atom. The van der Waals surface area contributed by atoms with E-state index in [0.29, 0.717) is 45.9 Å². The number of anilines is 1. The molecule has 0 saturated carbocycles. The average molecular weight is 421 g/mol. The van der Waals surface area contributed by atoms with Crippen LogP contribution in [0.4, 0.5) is 5.95 Å². The zero-order valence-corrected chi connectivity index (χ0v) is 17.7. The van der Waals surface area contributed by atoms with Gasteiger partial charge in [-0.2, -0.15) is 4.98 Å². The van der Waals surface area contributed by atoms with Crippen LogP contribution >= 0.6 is 0 Å². The van der Waals surface area contributed by atoms with Crippen LogP contribution in [0.5, 0.6) is 17.2 Å². The SMILES string of the molecule is COc1cccc(-c2nc3n(n2)C(c2ccc(OC)cc2OC)C(C(N)=O)=C(C)N3)c1. The van der Waals surface area contributed by atoms with Crippen LogP contribution in [-0.4, -0.2) is 42.0 Å². The van der Waals surface area contributed by atoms with Gasteiger partial charge in [-0.3, -0.25) is 4.79 Å². The number of nitrogens with zero attached hydrogens (tertiary/aromatic N) is 3. The molecule has 0 radical (unpaired) electrons. The quantitative estimate of drug-likeness (QED) is 0.629. The van der Waals surface area contributed by atoms with Crippen LogP contribution in [0, 0.1) is 0 Å². The maximum Gasteiger partial charge on any atom is 0.248 e. The van der Waals surface area contributed by atoms with E-state index < -0.39 is 11.9 Å². The number of hydrogen-bond donors (Lipinski definition) is 2. The van der Waals surface area contributed by atoms with Crippen molar-refractivity contribution in [3.8, 4) is 28.6 Å². The van der Waals surface area contributed by atoms with Crippen LogP contribution in [0.15, 0.2) is 53.7 Å². The van der Waals surface area contributed by atoms with E-state index in [1.54, 1.807) is 45.1 Å². The van der Waals surface area contributed by atoms with Gasteiger partial charge in [0, 0.05) is 22.9 Å². The highest BCUT2D eigenvalue weighted by Gasteiger charge is 2.35. The Morgan fingerprint density at radius 1 is 1.06 bits per heavy atom. The smallest absolute Gasteiger partial charge is 0.248 e. The number of hydrogen-bond acceptors (Lipinski definition) is 7. The van der Waals surface area contributed by atoms with E-state index in [4.69, 9.17) is 25.0 Å². The van der Waals surface area contributed by atoms with Crippen molar-refractivity contribution in [2.45, 2.75) is 13.0 Å². The first-order chi connectivity index (χ1) is 15.0. The van der Waals surface area contributed by atoms with Gasteiger partial charge in [0.2, 0.25) is 11.9 Å². The largest absolute Gasteiger partial charge is 0.497 e. The van der Waals surface area contributed by atoms with Crippen LogP contribution in [-0.2, 0) is 4.79 Å². The van der Waals surface area contributed by atoms with E-state index in [9.17, 15) is 4.79 Å². The summed E-state index contributed by atoms with van der Waals surface area (Å²) >= 11 is 0. The van der Waals surface area contributed by atoms with Gasteiger partial charge < -0.3 is 25.3 Å². The summed E-state index contributed by atoms with van der Waals surface area (Å²) in [5, 5.41) is 7.84. The van der Waals surface area contributed by atoms with Gasteiger partial charge in [0.25, 0.3) is 0 Å². The van der Waals surface area contributed by atoms with E-state index in [-0.39, 0.29) is 0 Å². The number of rotatable bonds is 6. The topological polar surface area (TPSA) is 114 Å². The Hall–Kier alpha value is -4.01. The molecule has 0 aliphatic carbocycles. The number of ether oxygens (including phenoxy) is 3. The Kier molecular flexibility index (Phi) is 5.24. The highest BCUT2D eigenvalue weighted by molar-refractivity contribution is 5.95. The van der Waals surface area contributed by atoms with Crippen molar-refractivity contribution < 1.29 is 19.0 Å². The van der Waals surface area contributed by atoms with Crippen molar-refractivity contribution in [1.29, 1.82) is 0 Å². The maximum absolute atomic E-state index is 12.4. The van der Waals surface area contributed by atoms with Gasteiger partial charge in [0.1, 0.15) is 23.3 Å². The molecule has 1 aliphatic rings. The van der Waals surface area contributed by atoms with Crippen molar-refractivity contribution in [2.75, 3.05) is 26.6 Å². The minimum atomic E-state index is -0.624. The highest BCUT2D eigenvalue weighted by Crippen LogP contribution is 2.40. The Morgan fingerprint density at radius 2 is 1.81 bits per heavy atom. The first kappa shape index (κ1) is 20.3. The maximum atomic E-state index is 12.4. The molecule has 9 heteroatoms. The van der Waals surface area contributed by atoms with E-state index in [1.165, 1.54) is 0 Å². The molecule has 1 aromatic heterocycles. The number of primary amides is 1. The molecule has 1 unspecified atom stereocenters. The van der Waals surface area contributed by atoms with Crippen LogP contribution in [0.3, 0.4) is 0 Å². The lowest BCUT2D eigenvalue weighted by atomic mass is 9.94. The summed E-state index contributed by atoms with van der Waals surface area (Å²) in [6.07, 6.45) is 0. The summed E-state index contributed by atoms with van der Waals surface area (Å²) in [5.41, 5.74) is 8.23. The Bertz CT molecular complexity index is 1180. The minimum absolute atomic E-state index is 0.373. The van der Waals surface area contributed by atoms with Gasteiger partial charge in [-0.25, -0.2) is 4.68 Å². The van der Waals surface area contributed by atoms with Crippen molar-refractivity contribution >= 4 is 11.9 Å². The van der Waals surface area contributed by atoms with E-state index in [0.717, 1.165) is 5.56 Å². The lowest BCUT2D eigenvalue weighted by Gasteiger charge is -2.28. The monoisotopic (exact) mass is 421 g/mol. The summed E-state index contributed by atoms with van der Waals surface area (Å²) in [6.45, 7) is 1.78. The van der Waals surface area contributed by atoms with Gasteiger partial charge in [-0.05, 0) is 31.2 Å². The number of carbonyl (C=O) groups is 1. The number of nitrogens with one attached hydrogen (secondary N) is 1.